The minimum atomic E-state index is 0.279. The third-order valence-corrected chi connectivity index (χ3v) is 5.48. The van der Waals surface area contributed by atoms with Gasteiger partial charge in [0.1, 0.15) is 5.75 Å². The number of hydrogen-bond acceptors (Lipinski definition) is 7. The maximum Gasteiger partial charge on any atom is 0.241 e. The van der Waals surface area contributed by atoms with Crippen LogP contribution >= 0.6 is 11.3 Å². The standard InChI is InChI=1S/C20H23N3O3S/c1-24-18-9-3-2-8-17(18)20-21-19(26-22-20)14-23(12-15-6-4-10-25-15)13-16-7-5-11-27-16/h2-3,5,7-9,11,15H,4,6,10,12-14H2,1H3. The Bertz CT molecular complexity index is 844. The van der Waals surface area contributed by atoms with E-state index in [0.29, 0.717) is 18.3 Å². The van der Waals surface area contributed by atoms with E-state index in [-0.39, 0.29) is 6.10 Å². The summed E-state index contributed by atoms with van der Waals surface area (Å²) in [7, 11) is 1.64. The van der Waals surface area contributed by atoms with Gasteiger partial charge >= 0.3 is 0 Å². The maximum absolute atomic E-state index is 5.82. The van der Waals surface area contributed by atoms with Crippen molar-refractivity contribution >= 4 is 11.3 Å². The Labute approximate surface area is 162 Å². The summed E-state index contributed by atoms with van der Waals surface area (Å²) in [5.41, 5.74) is 0.832. The summed E-state index contributed by atoms with van der Waals surface area (Å²) in [6.45, 7) is 3.17. The van der Waals surface area contributed by atoms with E-state index >= 15 is 0 Å². The summed E-state index contributed by atoms with van der Waals surface area (Å²) in [6.07, 6.45) is 2.52. The average molecular weight is 385 g/mol. The van der Waals surface area contributed by atoms with Gasteiger partial charge in [0.05, 0.1) is 25.3 Å². The summed E-state index contributed by atoms with van der Waals surface area (Å²) >= 11 is 1.76. The van der Waals surface area contributed by atoms with Crippen molar-refractivity contribution in [2.45, 2.75) is 32.0 Å². The number of benzene rings is 1. The third-order valence-electron chi connectivity index (χ3n) is 4.62. The largest absolute Gasteiger partial charge is 0.496 e. The van der Waals surface area contributed by atoms with Gasteiger partial charge in [-0.3, -0.25) is 4.90 Å². The minimum absolute atomic E-state index is 0.279. The molecule has 1 aromatic carbocycles. The van der Waals surface area contributed by atoms with Crippen LogP contribution in [0.1, 0.15) is 23.6 Å². The Balaban J connectivity index is 1.49. The van der Waals surface area contributed by atoms with Gasteiger partial charge in [-0.15, -0.1) is 11.3 Å². The Kier molecular flexibility index (Phi) is 5.81. The highest BCUT2D eigenvalue weighted by molar-refractivity contribution is 7.09. The lowest BCUT2D eigenvalue weighted by Gasteiger charge is -2.23. The third kappa shape index (κ3) is 4.55. The average Bonchev–Trinajstić information content (AvgIpc) is 3.45. The molecular formula is C20H23N3O3S. The molecule has 6 nitrogen and oxygen atoms in total. The predicted octanol–water partition coefficient (Wildman–Crippen LogP) is 3.99. The first-order valence-corrected chi connectivity index (χ1v) is 10.0. The van der Waals surface area contributed by atoms with Crippen LogP contribution in [0.3, 0.4) is 0 Å². The lowest BCUT2D eigenvalue weighted by Crippen LogP contribution is -2.31. The normalized spacial score (nSPS) is 16.9. The van der Waals surface area contributed by atoms with Crippen LogP contribution in [-0.4, -0.2) is 41.4 Å². The van der Waals surface area contributed by atoms with Gasteiger partial charge in [-0.2, -0.15) is 4.98 Å². The van der Waals surface area contributed by atoms with Crippen molar-refractivity contribution in [2.24, 2.45) is 0 Å². The van der Waals surface area contributed by atoms with Crippen molar-refractivity contribution in [3.63, 3.8) is 0 Å². The summed E-state index contributed by atoms with van der Waals surface area (Å²) in [5, 5.41) is 6.26. The van der Waals surface area contributed by atoms with Gasteiger partial charge in [-0.1, -0.05) is 23.4 Å². The maximum atomic E-state index is 5.82. The molecule has 0 spiro atoms. The van der Waals surface area contributed by atoms with Crippen molar-refractivity contribution in [3.05, 3.63) is 52.5 Å². The Morgan fingerprint density at radius 2 is 2.15 bits per heavy atom. The Hall–Kier alpha value is -2.22. The van der Waals surface area contributed by atoms with E-state index < -0.39 is 0 Å². The van der Waals surface area contributed by atoms with Crippen LogP contribution in [0.15, 0.2) is 46.3 Å². The van der Waals surface area contributed by atoms with Gasteiger partial charge in [0, 0.05) is 24.6 Å². The number of methoxy groups -OCH3 is 1. The summed E-state index contributed by atoms with van der Waals surface area (Å²) < 4.78 is 16.8. The van der Waals surface area contributed by atoms with Gasteiger partial charge in [0.15, 0.2) is 0 Å². The van der Waals surface area contributed by atoms with Crippen LogP contribution in [0.25, 0.3) is 11.4 Å². The molecule has 1 aliphatic rings. The van der Waals surface area contributed by atoms with Crippen LogP contribution in [-0.2, 0) is 17.8 Å². The SMILES string of the molecule is COc1ccccc1-c1noc(CN(Cc2cccs2)CC2CCCO2)n1. The molecule has 142 valence electrons. The molecule has 7 heteroatoms. The van der Waals surface area contributed by atoms with Crippen molar-refractivity contribution < 1.29 is 14.0 Å². The van der Waals surface area contributed by atoms with Gasteiger partial charge in [0.2, 0.25) is 11.7 Å². The van der Waals surface area contributed by atoms with E-state index in [2.05, 4.69) is 32.6 Å². The Morgan fingerprint density at radius 1 is 1.22 bits per heavy atom. The molecule has 0 bridgehead atoms. The van der Waals surface area contributed by atoms with Crippen LogP contribution in [0.4, 0.5) is 0 Å². The van der Waals surface area contributed by atoms with Crippen molar-refractivity contribution in [3.8, 4) is 17.1 Å². The molecule has 0 saturated carbocycles. The first-order chi connectivity index (χ1) is 13.3. The number of thiophene rings is 1. The van der Waals surface area contributed by atoms with E-state index in [9.17, 15) is 0 Å². The van der Waals surface area contributed by atoms with Gasteiger partial charge in [-0.05, 0) is 36.4 Å². The van der Waals surface area contributed by atoms with E-state index in [1.807, 2.05) is 24.3 Å². The fourth-order valence-electron chi connectivity index (χ4n) is 3.33. The predicted molar refractivity (Wildman–Crippen MR) is 104 cm³/mol. The van der Waals surface area contributed by atoms with E-state index in [1.54, 1.807) is 18.4 Å². The fourth-order valence-corrected chi connectivity index (χ4v) is 4.08. The lowest BCUT2D eigenvalue weighted by molar-refractivity contribution is 0.0644. The second-order valence-electron chi connectivity index (χ2n) is 6.60. The quantitative estimate of drug-likeness (QED) is 0.584. The van der Waals surface area contributed by atoms with E-state index in [1.165, 1.54) is 4.88 Å². The molecule has 1 saturated heterocycles. The molecule has 3 aromatic rings. The molecule has 1 aliphatic heterocycles. The molecule has 27 heavy (non-hydrogen) atoms. The molecule has 1 fully saturated rings. The van der Waals surface area contributed by atoms with Crippen LogP contribution < -0.4 is 4.74 Å². The first kappa shape index (κ1) is 18.2. The zero-order chi connectivity index (χ0) is 18.5. The number of para-hydroxylation sites is 1. The molecule has 0 radical (unpaired) electrons. The van der Waals surface area contributed by atoms with Crippen molar-refractivity contribution in [1.29, 1.82) is 0 Å². The molecule has 0 N–H and O–H groups in total. The molecule has 0 amide bonds. The number of hydrogen-bond donors (Lipinski definition) is 0. The molecule has 1 atom stereocenters. The second-order valence-corrected chi connectivity index (χ2v) is 7.63. The second kappa shape index (κ2) is 8.65. The summed E-state index contributed by atoms with van der Waals surface area (Å²) in [5.74, 6) is 1.89. The zero-order valence-corrected chi connectivity index (χ0v) is 16.2. The van der Waals surface area contributed by atoms with Gasteiger partial charge in [-0.25, -0.2) is 0 Å². The monoisotopic (exact) mass is 385 g/mol. The molecule has 1 unspecified atom stereocenters. The highest BCUT2D eigenvalue weighted by Crippen LogP contribution is 2.27. The molecule has 0 aliphatic carbocycles. The van der Waals surface area contributed by atoms with E-state index in [0.717, 1.165) is 43.9 Å². The van der Waals surface area contributed by atoms with Crippen LogP contribution in [0.5, 0.6) is 5.75 Å². The number of aromatic nitrogens is 2. The van der Waals surface area contributed by atoms with Crippen molar-refractivity contribution in [1.82, 2.24) is 15.0 Å². The molecule has 4 rings (SSSR count). The number of ether oxygens (including phenoxy) is 2. The van der Waals surface area contributed by atoms with Crippen LogP contribution in [0.2, 0.25) is 0 Å². The van der Waals surface area contributed by atoms with E-state index in [4.69, 9.17) is 14.0 Å². The van der Waals surface area contributed by atoms with Gasteiger partial charge in [0.25, 0.3) is 0 Å². The Morgan fingerprint density at radius 3 is 2.93 bits per heavy atom. The minimum Gasteiger partial charge on any atom is -0.496 e. The number of nitrogens with zero attached hydrogens (tertiary/aromatic N) is 3. The van der Waals surface area contributed by atoms with Crippen LogP contribution in [0, 0.1) is 0 Å². The first-order valence-electron chi connectivity index (χ1n) is 9.14. The number of rotatable bonds is 8. The summed E-state index contributed by atoms with van der Waals surface area (Å²) in [4.78, 5) is 8.23. The fraction of sp³-hybridized carbons (Fsp3) is 0.400. The molecule has 2 aromatic heterocycles. The smallest absolute Gasteiger partial charge is 0.241 e. The summed E-state index contributed by atoms with van der Waals surface area (Å²) in [6, 6.07) is 11.9. The topological polar surface area (TPSA) is 60.6 Å². The highest BCUT2D eigenvalue weighted by atomic mass is 32.1. The zero-order valence-electron chi connectivity index (χ0n) is 15.3. The van der Waals surface area contributed by atoms with Gasteiger partial charge < -0.3 is 14.0 Å². The van der Waals surface area contributed by atoms with Crippen molar-refractivity contribution in [2.75, 3.05) is 20.3 Å². The highest BCUT2D eigenvalue weighted by Gasteiger charge is 2.22. The molecule has 3 heterocycles. The molecular weight excluding hydrogens is 362 g/mol. The lowest BCUT2D eigenvalue weighted by atomic mass is 10.2.